The lowest BCUT2D eigenvalue weighted by molar-refractivity contribution is -0.125. The monoisotopic (exact) mass is 376 g/mol. The number of rotatable bonds is 9. The van der Waals surface area contributed by atoms with E-state index in [1.54, 1.807) is 24.3 Å². The van der Waals surface area contributed by atoms with Crippen molar-refractivity contribution in [1.82, 2.24) is 10.2 Å². The van der Waals surface area contributed by atoms with Gasteiger partial charge in [0.15, 0.2) is 0 Å². The predicted octanol–water partition coefficient (Wildman–Crippen LogP) is 1.45. The van der Waals surface area contributed by atoms with Crippen LogP contribution < -0.4 is 16.4 Å². The summed E-state index contributed by atoms with van der Waals surface area (Å²) < 4.78 is 5.31. The van der Waals surface area contributed by atoms with Crippen LogP contribution in [0.2, 0.25) is 0 Å². The van der Waals surface area contributed by atoms with Crippen LogP contribution in [-0.2, 0) is 9.53 Å². The number of nitrogens with zero attached hydrogens (tertiary/aromatic N) is 1. The first kappa shape index (κ1) is 21.3. The van der Waals surface area contributed by atoms with E-state index < -0.39 is 5.41 Å². The summed E-state index contributed by atoms with van der Waals surface area (Å²) in [6.45, 7) is 9.00. The van der Waals surface area contributed by atoms with Gasteiger partial charge in [0.1, 0.15) is 0 Å². The molecule has 7 heteroatoms. The first-order chi connectivity index (χ1) is 13.0. The molecule has 27 heavy (non-hydrogen) atoms. The summed E-state index contributed by atoms with van der Waals surface area (Å²) in [7, 11) is 0. The average Bonchev–Trinajstić information content (AvgIpc) is 2.71. The molecular weight excluding hydrogens is 344 g/mol. The van der Waals surface area contributed by atoms with Crippen LogP contribution in [0.1, 0.15) is 37.0 Å². The van der Waals surface area contributed by atoms with Crippen molar-refractivity contribution in [2.45, 2.75) is 26.7 Å². The maximum Gasteiger partial charge on any atom is 0.251 e. The van der Waals surface area contributed by atoms with Gasteiger partial charge in [-0.25, -0.2) is 0 Å². The highest BCUT2D eigenvalue weighted by Gasteiger charge is 2.33. The Morgan fingerprint density at radius 3 is 2.33 bits per heavy atom. The van der Waals surface area contributed by atoms with Crippen LogP contribution in [0.25, 0.3) is 0 Å². The van der Waals surface area contributed by atoms with Gasteiger partial charge in [-0.1, -0.05) is 13.8 Å². The van der Waals surface area contributed by atoms with Gasteiger partial charge in [0.05, 0.1) is 18.6 Å². The molecule has 0 bridgehead atoms. The normalized spacial score (nSPS) is 15.4. The maximum atomic E-state index is 12.6. The van der Waals surface area contributed by atoms with Gasteiger partial charge < -0.3 is 21.1 Å². The Labute approximate surface area is 161 Å². The molecule has 1 heterocycles. The summed E-state index contributed by atoms with van der Waals surface area (Å²) in [5, 5.41) is 5.85. The summed E-state index contributed by atoms with van der Waals surface area (Å²) in [6, 6.07) is 6.95. The van der Waals surface area contributed by atoms with Crippen LogP contribution in [0.3, 0.4) is 0 Å². The molecule has 7 nitrogen and oxygen atoms in total. The molecule has 1 aliphatic heterocycles. The smallest absolute Gasteiger partial charge is 0.251 e. The van der Waals surface area contributed by atoms with Crippen LogP contribution in [0.5, 0.6) is 0 Å². The molecule has 1 fully saturated rings. The van der Waals surface area contributed by atoms with Crippen molar-refractivity contribution in [1.29, 1.82) is 0 Å². The maximum absolute atomic E-state index is 12.6. The van der Waals surface area contributed by atoms with Gasteiger partial charge in [-0.05, 0) is 37.1 Å². The zero-order valence-electron chi connectivity index (χ0n) is 16.4. The molecule has 2 rings (SSSR count). The lowest BCUT2D eigenvalue weighted by Gasteiger charge is -2.28. The molecule has 0 spiro atoms. The third-order valence-corrected chi connectivity index (χ3v) is 5.45. The molecule has 1 aliphatic rings. The molecule has 0 atom stereocenters. The van der Waals surface area contributed by atoms with Crippen LogP contribution in [0, 0.1) is 5.41 Å². The summed E-state index contributed by atoms with van der Waals surface area (Å²) in [5.41, 5.74) is 6.52. The average molecular weight is 377 g/mol. The fourth-order valence-electron chi connectivity index (χ4n) is 3.18. The first-order valence-corrected chi connectivity index (χ1v) is 9.74. The second-order valence-corrected chi connectivity index (χ2v) is 6.93. The van der Waals surface area contributed by atoms with Gasteiger partial charge >= 0.3 is 0 Å². The van der Waals surface area contributed by atoms with E-state index in [0.717, 1.165) is 32.8 Å². The third-order valence-electron chi connectivity index (χ3n) is 5.45. The SMILES string of the molecule is CCC(CC)(CN)C(=O)Nc1ccc(C(=O)NCCN2CCOCC2)cc1. The largest absolute Gasteiger partial charge is 0.379 e. The molecule has 0 saturated carbocycles. The zero-order valence-corrected chi connectivity index (χ0v) is 16.4. The minimum absolute atomic E-state index is 0.0716. The highest BCUT2D eigenvalue weighted by Crippen LogP contribution is 2.27. The number of anilines is 1. The predicted molar refractivity (Wildman–Crippen MR) is 107 cm³/mol. The van der Waals surface area contributed by atoms with Gasteiger partial charge in [-0.3, -0.25) is 14.5 Å². The molecule has 0 unspecified atom stereocenters. The fourth-order valence-corrected chi connectivity index (χ4v) is 3.18. The molecule has 1 aromatic carbocycles. The first-order valence-electron chi connectivity index (χ1n) is 9.74. The Kier molecular flexibility index (Phi) is 8.22. The van der Waals surface area contributed by atoms with Crippen molar-refractivity contribution in [3.05, 3.63) is 29.8 Å². The Balaban J connectivity index is 1.84. The van der Waals surface area contributed by atoms with E-state index in [1.807, 2.05) is 13.8 Å². The lowest BCUT2D eigenvalue weighted by atomic mass is 9.81. The second kappa shape index (κ2) is 10.4. The number of morpholine rings is 1. The van der Waals surface area contributed by atoms with Gasteiger partial charge in [0.2, 0.25) is 5.91 Å². The number of nitrogens with two attached hydrogens (primary N) is 1. The van der Waals surface area contributed by atoms with Crippen molar-refractivity contribution in [2.24, 2.45) is 11.1 Å². The van der Waals surface area contributed by atoms with Crippen molar-refractivity contribution in [2.75, 3.05) is 51.3 Å². The molecule has 0 radical (unpaired) electrons. The van der Waals surface area contributed by atoms with Crippen molar-refractivity contribution < 1.29 is 14.3 Å². The van der Waals surface area contributed by atoms with E-state index in [2.05, 4.69) is 15.5 Å². The van der Waals surface area contributed by atoms with Crippen molar-refractivity contribution in [3.8, 4) is 0 Å². The third kappa shape index (κ3) is 5.76. The molecule has 1 aromatic rings. The highest BCUT2D eigenvalue weighted by atomic mass is 16.5. The van der Waals surface area contributed by atoms with Crippen molar-refractivity contribution >= 4 is 17.5 Å². The topological polar surface area (TPSA) is 96.7 Å². The van der Waals surface area contributed by atoms with Crippen LogP contribution >= 0.6 is 0 Å². The number of hydrogen-bond acceptors (Lipinski definition) is 5. The standard InChI is InChI=1S/C20H32N4O3/c1-3-20(4-2,15-21)19(26)23-17-7-5-16(6-8-17)18(25)22-9-10-24-11-13-27-14-12-24/h5-8H,3-4,9-15,21H2,1-2H3,(H,22,25)(H,23,26). The second-order valence-electron chi connectivity index (χ2n) is 6.93. The summed E-state index contributed by atoms with van der Waals surface area (Å²) in [5.74, 6) is -0.183. The van der Waals surface area contributed by atoms with Gasteiger partial charge in [-0.2, -0.15) is 0 Å². The number of ether oxygens (including phenoxy) is 1. The number of carbonyl (C=O) groups excluding carboxylic acids is 2. The fraction of sp³-hybridized carbons (Fsp3) is 0.600. The molecule has 2 amide bonds. The van der Waals surface area contributed by atoms with Crippen LogP contribution in [-0.4, -0.2) is 62.7 Å². The zero-order chi connectivity index (χ0) is 19.7. The molecule has 0 aromatic heterocycles. The Morgan fingerprint density at radius 1 is 1.15 bits per heavy atom. The van der Waals surface area contributed by atoms with E-state index >= 15 is 0 Å². The van der Waals surface area contributed by atoms with Gasteiger partial charge in [0.25, 0.3) is 5.91 Å². The number of benzene rings is 1. The van der Waals surface area contributed by atoms with Crippen LogP contribution in [0.15, 0.2) is 24.3 Å². The molecule has 0 aliphatic carbocycles. The molecule has 1 saturated heterocycles. The Bertz CT molecular complexity index is 600. The minimum Gasteiger partial charge on any atom is -0.379 e. The van der Waals surface area contributed by atoms with Gasteiger partial charge in [0, 0.05) is 44.0 Å². The lowest BCUT2D eigenvalue weighted by Crippen LogP contribution is -2.41. The number of carbonyl (C=O) groups is 2. The summed E-state index contributed by atoms with van der Waals surface area (Å²) in [4.78, 5) is 27.1. The summed E-state index contributed by atoms with van der Waals surface area (Å²) >= 11 is 0. The number of nitrogens with one attached hydrogen (secondary N) is 2. The van der Waals surface area contributed by atoms with Crippen LogP contribution in [0.4, 0.5) is 5.69 Å². The van der Waals surface area contributed by atoms with Crippen molar-refractivity contribution in [3.63, 3.8) is 0 Å². The molecular formula is C20H32N4O3. The quantitative estimate of drug-likeness (QED) is 0.606. The molecule has 150 valence electrons. The molecule has 4 N–H and O–H groups in total. The Hall–Kier alpha value is -1.96. The van der Waals surface area contributed by atoms with E-state index in [0.29, 0.717) is 37.2 Å². The minimum atomic E-state index is -0.546. The summed E-state index contributed by atoms with van der Waals surface area (Å²) in [6.07, 6.45) is 1.38. The van der Waals surface area contributed by atoms with Gasteiger partial charge in [-0.15, -0.1) is 0 Å². The Morgan fingerprint density at radius 2 is 1.78 bits per heavy atom. The highest BCUT2D eigenvalue weighted by molar-refractivity contribution is 5.97. The van der Waals surface area contributed by atoms with E-state index in [1.165, 1.54) is 0 Å². The van der Waals surface area contributed by atoms with E-state index in [4.69, 9.17) is 10.5 Å². The number of amides is 2. The van der Waals surface area contributed by atoms with E-state index in [9.17, 15) is 9.59 Å². The number of hydrogen-bond donors (Lipinski definition) is 3. The van der Waals surface area contributed by atoms with E-state index in [-0.39, 0.29) is 11.8 Å².